The molecular weight excluding hydrogens is 210 g/mol. The lowest BCUT2D eigenvalue weighted by atomic mass is 10.0. The van der Waals surface area contributed by atoms with Crippen LogP contribution in [-0.2, 0) is 0 Å². The van der Waals surface area contributed by atoms with E-state index in [0.717, 1.165) is 6.42 Å². The van der Waals surface area contributed by atoms with Gasteiger partial charge in [0.25, 0.3) is 0 Å². The zero-order valence-corrected chi connectivity index (χ0v) is 10.8. The van der Waals surface area contributed by atoms with E-state index in [-0.39, 0.29) is 0 Å². The van der Waals surface area contributed by atoms with Gasteiger partial charge in [-0.05, 0) is 38.2 Å². The summed E-state index contributed by atoms with van der Waals surface area (Å²) in [6.07, 6.45) is 3.60. The van der Waals surface area contributed by atoms with E-state index in [9.17, 15) is 5.11 Å². The summed E-state index contributed by atoms with van der Waals surface area (Å²) in [5.41, 5.74) is 2.65. The van der Waals surface area contributed by atoms with Gasteiger partial charge in [-0.1, -0.05) is 36.2 Å². The van der Waals surface area contributed by atoms with E-state index in [2.05, 4.69) is 43.4 Å². The van der Waals surface area contributed by atoms with E-state index < -0.39 is 0 Å². The lowest BCUT2D eigenvalue weighted by Gasteiger charge is -2.24. The highest BCUT2D eigenvalue weighted by molar-refractivity contribution is 5.24. The number of aliphatic hydroxyl groups excluding tert-OH is 1. The second kappa shape index (κ2) is 5.65. The Kier molecular flexibility index (Phi) is 4.19. The summed E-state index contributed by atoms with van der Waals surface area (Å²) in [6.45, 7) is 4.65. The molecule has 0 bridgehead atoms. The molecule has 0 aromatic heterocycles. The Balaban J connectivity index is 1.99. The number of aryl methyl sites for hydroxylation is 1. The van der Waals surface area contributed by atoms with Gasteiger partial charge in [-0.25, -0.2) is 0 Å². The summed E-state index contributed by atoms with van der Waals surface area (Å²) in [7, 11) is 0. The van der Waals surface area contributed by atoms with Gasteiger partial charge < -0.3 is 10.4 Å². The minimum Gasteiger partial charge on any atom is -0.396 e. The van der Waals surface area contributed by atoms with Crippen LogP contribution in [-0.4, -0.2) is 17.8 Å². The number of aliphatic hydroxyl groups is 1. The minimum absolute atomic E-state index is 0.318. The topological polar surface area (TPSA) is 32.3 Å². The highest BCUT2D eigenvalue weighted by Gasteiger charge is 2.27. The third-order valence-electron chi connectivity index (χ3n) is 3.90. The van der Waals surface area contributed by atoms with Crippen molar-refractivity contribution in [2.45, 2.75) is 45.2 Å². The molecule has 1 aromatic carbocycles. The predicted molar refractivity (Wildman–Crippen MR) is 70.9 cm³/mol. The summed E-state index contributed by atoms with van der Waals surface area (Å²) in [5.74, 6) is 0.447. The summed E-state index contributed by atoms with van der Waals surface area (Å²) in [4.78, 5) is 0. The van der Waals surface area contributed by atoms with Crippen molar-refractivity contribution in [2.24, 2.45) is 5.92 Å². The molecule has 2 rings (SSSR count). The van der Waals surface area contributed by atoms with Gasteiger partial charge in [-0.15, -0.1) is 0 Å². The number of hydrogen-bond donors (Lipinski definition) is 2. The van der Waals surface area contributed by atoms with Gasteiger partial charge in [-0.3, -0.25) is 0 Å². The highest BCUT2D eigenvalue weighted by Crippen LogP contribution is 2.27. The molecule has 2 nitrogen and oxygen atoms in total. The standard InChI is InChI=1S/C15H23NO/c1-11-5-3-6-13(9-11)12(2)16-15-8-4-7-14(15)10-17/h3,5-6,9,12,14-17H,4,7-8,10H2,1-2H3. The van der Waals surface area contributed by atoms with Crippen LogP contribution in [0.25, 0.3) is 0 Å². The molecule has 1 aromatic rings. The Labute approximate surface area is 104 Å². The lowest BCUT2D eigenvalue weighted by molar-refractivity contribution is 0.200. The maximum atomic E-state index is 9.32. The molecule has 1 saturated carbocycles. The molecule has 1 aliphatic carbocycles. The third kappa shape index (κ3) is 3.08. The van der Waals surface area contributed by atoms with Crippen LogP contribution in [0.1, 0.15) is 43.4 Å². The Hall–Kier alpha value is -0.860. The molecule has 2 N–H and O–H groups in total. The number of nitrogens with one attached hydrogen (secondary N) is 1. The number of benzene rings is 1. The first-order chi connectivity index (χ1) is 8.20. The highest BCUT2D eigenvalue weighted by atomic mass is 16.3. The Morgan fingerprint density at radius 1 is 1.41 bits per heavy atom. The van der Waals surface area contributed by atoms with Gasteiger partial charge in [-0.2, -0.15) is 0 Å². The molecule has 3 unspecified atom stereocenters. The minimum atomic E-state index is 0.318. The molecule has 0 heterocycles. The molecule has 1 aliphatic rings. The third-order valence-corrected chi connectivity index (χ3v) is 3.90. The van der Waals surface area contributed by atoms with Crippen LogP contribution >= 0.6 is 0 Å². The summed E-state index contributed by atoms with van der Waals surface area (Å²) >= 11 is 0. The lowest BCUT2D eigenvalue weighted by Crippen LogP contribution is -2.35. The van der Waals surface area contributed by atoms with Crippen molar-refractivity contribution >= 4 is 0 Å². The van der Waals surface area contributed by atoms with Crippen molar-refractivity contribution in [3.05, 3.63) is 35.4 Å². The second-order valence-electron chi connectivity index (χ2n) is 5.28. The van der Waals surface area contributed by atoms with E-state index in [1.165, 1.54) is 24.0 Å². The Bertz CT molecular complexity index is 364. The molecule has 0 saturated heterocycles. The van der Waals surface area contributed by atoms with Crippen molar-refractivity contribution in [2.75, 3.05) is 6.61 Å². The summed E-state index contributed by atoms with van der Waals surface area (Å²) in [5, 5.41) is 13.0. The maximum absolute atomic E-state index is 9.32. The molecule has 17 heavy (non-hydrogen) atoms. The normalized spacial score (nSPS) is 26.1. The van der Waals surface area contributed by atoms with Crippen molar-refractivity contribution in [3.8, 4) is 0 Å². The van der Waals surface area contributed by atoms with Crippen molar-refractivity contribution in [3.63, 3.8) is 0 Å². The quantitative estimate of drug-likeness (QED) is 0.838. The molecule has 0 aliphatic heterocycles. The van der Waals surface area contributed by atoms with E-state index in [4.69, 9.17) is 0 Å². The van der Waals surface area contributed by atoms with Crippen molar-refractivity contribution in [1.29, 1.82) is 0 Å². The molecule has 0 spiro atoms. The molecular formula is C15H23NO. The predicted octanol–water partition coefficient (Wildman–Crippen LogP) is 2.81. The monoisotopic (exact) mass is 233 g/mol. The first kappa shape index (κ1) is 12.6. The van der Waals surface area contributed by atoms with Crippen LogP contribution in [0.3, 0.4) is 0 Å². The fourth-order valence-corrected chi connectivity index (χ4v) is 2.83. The van der Waals surface area contributed by atoms with Gasteiger partial charge in [0.05, 0.1) is 0 Å². The number of rotatable bonds is 4. The molecule has 1 fully saturated rings. The molecule has 3 atom stereocenters. The van der Waals surface area contributed by atoms with Crippen LogP contribution < -0.4 is 5.32 Å². The second-order valence-corrected chi connectivity index (χ2v) is 5.28. The van der Waals surface area contributed by atoms with Gasteiger partial charge in [0.15, 0.2) is 0 Å². The van der Waals surface area contributed by atoms with Gasteiger partial charge >= 0.3 is 0 Å². The summed E-state index contributed by atoms with van der Waals surface area (Å²) in [6, 6.07) is 9.50. The fourth-order valence-electron chi connectivity index (χ4n) is 2.83. The molecule has 94 valence electrons. The smallest absolute Gasteiger partial charge is 0.0474 e. The van der Waals surface area contributed by atoms with Gasteiger partial charge in [0.1, 0.15) is 0 Å². The molecule has 0 radical (unpaired) electrons. The Morgan fingerprint density at radius 2 is 2.24 bits per heavy atom. The van der Waals surface area contributed by atoms with Crippen LogP contribution in [0.15, 0.2) is 24.3 Å². The molecule has 2 heteroatoms. The van der Waals surface area contributed by atoms with Gasteiger partial charge in [0.2, 0.25) is 0 Å². The first-order valence-corrected chi connectivity index (χ1v) is 6.64. The van der Waals surface area contributed by atoms with Crippen LogP contribution in [0.5, 0.6) is 0 Å². The zero-order chi connectivity index (χ0) is 12.3. The van der Waals surface area contributed by atoms with Crippen LogP contribution in [0.4, 0.5) is 0 Å². The molecule has 0 amide bonds. The van der Waals surface area contributed by atoms with E-state index in [1.807, 2.05) is 0 Å². The largest absolute Gasteiger partial charge is 0.396 e. The van der Waals surface area contributed by atoms with Crippen LogP contribution in [0.2, 0.25) is 0 Å². The van der Waals surface area contributed by atoms with E-state index >= 15 is 0 Å². The van der Waals surface area contributed by atoms with Gasteiger partial charge in [0, 0.05) is 18.7 Å². The fraction of sp³-hybridized carbons (Fsp3) is 0.600. The van der Waals surface area contributed by atoms with Crippen molar-refractivity contribution in [1.82, 2.24) is 5.32 Å². The SMILES string of the molecule is Cc1cccc(C(C)NC2CCCC2CO)c1. The van der Waals surface area contributed by atoms with Crippen LogP contribution in [0, 0.1) is 12.8 Å². The average Bonchev–Trinajstić information content (AvgIpc) is 2.76. The maximum Gasteiger partial charge on any atom is 0.0474 e. The average molecular weight is 233 g/mol. The number of hydrogen-bond acceptors (Lipinski definition) is 2. The zero-order valence-electron chi connectivity index (χ0n) is 10.8. The summed E-state index contributed by atoms with van der Waals surface area (Å²) < 4.78 is 0. The first-order valence-electron chi connectivity index (χ1n) is 6.64. The Morgan fingerprint density at radius 3 is 2.94 bits per heavy atom. The van der Waals surface area contributed by atoms with E-state index in [0.29, 0.717) is 24.6 Å². The van der Waals surface area contributed by atoms with E-state index in [1.54, 1.807) is 0 Å². The van der Waals surface area contributed by atoms with Crippen molar-refractivity contribution < 1.29 is 5.11 Å².